The number of aliphatic hydroxyl groups is 2. The van der Waals surface area contributed by atoms with Gasteiger partial charge in [-0.15, -0.1) is 0 Å². The van der Waals surface area contributed by atoms with Crippen molar-refractivity contribution < 1.29 is 10.2 Å². The van der Waals surface area contributed by atoms with E-state index in [9.17, 15) is 10.2 Å². The van der Waals surface area contributed by atoms with Gasteiger partial charge in [0.2, 0.25) is 0 Å². The van der Waals surface area contributed by atoms with E-state index in [-0.39, 0.29) is 12.0 Å². The van der Waals surface area contributed by atoms with Crippen molar-refractivity contribution in [3.05, 3.63) is 0 Å². The highest BCUT2D eigenvalue weighted by Crippen LogP contribution is 2.40. The van der Waals surface area contributed by atoms with Crippen molar-refractivity contribution in [1.82, 2.24) is 4.90 Å². The molecule has 0 radical (unpaired) electrons. The summed E-state index contributed by atoms with van der Waals surface area (Å²) in [5.41, 5.74) is 0.107. The lowest BCUT2D eigenvalue weighted by atomic mass is 9.70. The van der Waals surface area contributed by atoms with Crippen molar-refractivity contribution in [1.29, 1.82) is 0 Å². The fourth-order valence-electron chi connectivity index (χ4n) is 3.85. The normalized spacial score (nSPS) is 39.7. The van der Waals surface area contributed by atoms with Gasteiger partial charge >= 0.3 is 0 Å². The van der Waals surface area contributed by atoms with E-state index in [1.54, 1.807) is 0 Å². The molecule has 100 valence electrons. The molecule has 3 heteroatoms. The predicted molar refractivity (Wildman–Crippen MR) is 68.8 cm³/mol. The summed E-state index contributed by atoms with van der Waals surface area (Å²) in [6.45, 7) is 4.97. The standard InChI is InChI=1S/C14H27NO2/c1-12-4-2-6-14(8-12,11-17)10-15-7-3-5-13(15)9-16/h12-13,16-17H,2-11H2,1H3. The third-order valence-corrected chi connectivity index (χ3v) is 4.77. The maximum Gasteiger partial charge on any atom is 0.0586 e. The first-order valence-corrected chi connectivity index (χ1v) is 7.15. The number of likely N-dealkylation sites (tertiary alicyclic amines) is 1. The minimum atomic E-state index is 0.107. The molecule has 0 amide bonds. The maximum absolute atomic E-state index is 9.79. The van der Waals surface area contributed by atoms with Crippen molar-refractivity contribution in [2.24, 2.45) is 11.3 Å². The summed E-state index contributed by atoms with van der Waals surface area (Å²) in [5.74, 6) is 0.742. The molecule has 1 heterocycles. The molecule has 0 spiro atoms. The smallest absolute Gasteiger partial charge is 0.0586 e. The monoisotopic (exact) mass is 241 g/mol. The van der Waals surface area contributed by atoms with Gasteiger partial charge in [0, 0.05) is 24.6 Å². The second kappa shape index (κ2) is 5.68. The van der Waals surface area contributed by atoms with Crippen molar-refractivity contribution in [2.75, 3.05) is 26.3 Å². The van der Waals surface area contributed by atoms with E-state index in [0.717, 1.165) is 38.3 Å². The molecule has 17 heavy (non-hydrogen) atoms. The molecule has 2 rings (SSSR count). The highest BCUT2D eigenvalue weighted by atomic mass is 16.3. The van der Waals surface area contributed by atoms with Crippen LogP contribution < -0.4 is 0 Å². The minimum absolute atomic E-state index is 0.107. The van der Waals surface area contributed by atoms with E-state index in [1.807, 2.05) is 0 Å². The van der Waals surface area contributed by atoms with Gasteiger partial charge in [0.05, 0.1) is 6.61 Å². The second-order valence-electron chi connectivity index (χ2n) is 6.31. The number of hydrogen-bond donors (Lipinski definition) is 2. The maximum atomic E-state index is 9.79. The van der Waals surface area contributed by atoms with Gasteiger partial charge in [-0.1, -0.05) is 19.8 Å². The molecule has 1 saturated heterocycles. The highest BCUT2D eigenvalue weighted by Gasteiger charge is 2.38. The van der Waals surface area contributed by atoms with Gasteiger partial charge in [-0.3, -0.25) is 4.90 Å². The van der Waals surface area contributed by atoms with Crippen LogP contribution in [0.25, 0.3) is 0 Å². The molecule has 2 fully saturated rings. The van der Waals surface area contributed by atoms with Gasteiger partial charge in [-0.05, 0) is 38.1 Å². The van der Waals surface area contributed by atoms with Crippen LogP contribution in [0.15, 0.2) is 0 Å². The SMILES string of the molecule is CC1CCCC(CO)(CN2CCCC2CO)C1. The number of nitrogens with zero attached hydrogens (tertiary/aromatic N) is 1. The third kappa shape index (κ3) is 3.01. The first-order valence-electron chi connectivity index (χ1n) is 7.15. The Balaban J connectivity index is 1.98. The summed E-state index contributed by atoms with van der Waals surface area (Å²) >= 11 is 0. The molecular weight excluding hydrogens is 214 g/mol. The fraction of sp³-hybridized carbons (Fsp3) is 1.00. The van der Waals surface area contributed by atoms with E-state index in [1.165, 1.54) is 19.3 Å². The van der Waals surface area contributed by atoms with Gasteiger partial charge in [0.25, 0.3) is 0 Å². The molecule has 2 N–H and O–H groups in total. The topological polar surface area (TPSA) is 43.7 Å². The Morgan fingerprint density at radius 3 is 2.71 bits per heavy atom. The zero-order valence-electron chi connectivity index (χ0n) is 11.1. The quantitative estimate of drug-likeness (QED) is 0.786. The summed E-state index contributed by atoms with van der Waals surface area (Å²) in [5, 5.41) is 19.2. The molecule has 0 bridgehead atoms. The lowest BCUT2D eigenvalue weighted by Crippen LogP contribution is -2.45. The molecule has 3 unspecified atom stereocenters. The van der Waals surface area contributed by atoms with Crippen molar-refractivity contribution >= 4 is 0 Å². The van der Waals surface area contributed by atoms with E-state index >= 15 is 0 Å². The lowest BCUT2D eigenvalue weighted by molar-refractivity contribution is 0.0132. The van der Waals surface area contributed by atoms with Gasteiger partial charge in [0.1, 0.15) is 0 Å². The third-order valence-electron chi connectivity index (χ3n) is 4.77. The molecule has 1 aliphatic heterocycles. The second-order valence-corrected chi connectivity index (χ2v) is 6.31. The molecule has 1 aliphatic carbocycles. The fourth-order valence-corrected chi connectivity index (χ4v) is 3.85. The van der Waals surface area contributed by atoms with E-state index in [2.05, 4.69) is 11.8 Å². The number of aliphatic hydroxyl groups excluding tert-OH is 2. The first kappa shape index (κ1) is 13.3. The Hall–Kier alpha value is -0.120. The molecule has 0 aromatic carbocycles. The van der Waals surface area contributed by atoms with Gasteiger partial charge in [-0.2, -0.15) is 0 Å². The summed E-state index contributed by atoms with van der Waals surface area (Å²) in [6, 6.07) is 0.343. The average molecular weight is 241 g/mol. The van der Waals surface area contributed by atoms with Crippen LogP contribution in [0.1, 0.15) is 45.4 Å². The molecular formula is C14H27NO2. The van der Waals surface area contributed by atoms with Gasteiger partial charge < -0.3 is 10.2 Å². The Labute approximate surface area is 105 Å². The van der Waals surface area contributed by atoms with Crippen LogP contribution in [0, 0.1) is 11.3 Å². The first-order chi connectivity index (χ1) is 8.19. The van der Waals surface area contributed by atoms with E-state index in [4.69, 9.17) is 0 Å². The largest absolute Gasteiger partial charge is 0.396 e. The minimum Gasteiger partial charge on any atom is -0.396 e. The molecule has 3 atom stereocenters. The highest BCUT2D eigenvalue weighted by molar-refractivity contribution is 4.91. The Morgan fingerprint density at radius 2 is 2.06 bits per heavy atom. The van der Waals surface area contributed by atoms with E-state index in [0.29, 0.717) is 12.6 Å². The van der Waals surface area contributed by atoms with Crippen LogP contribution in [-0.4, -0.2) is 47.5 Å². The van der Waals surface area contributed by atoms with Crippen LogP contribution in [0.5, 0.6) is 0 Å². The summed E-state index contributed by atoms with van der Waals surface area (Å²) in [4.78, 5) is 2.41. The summed E-state index contributed by atoms with van der Waals surface area (Å²) in [7, 11) is 0. The summed E-state index contributed by atoms with van der Waals surface area (Å²) < 4.78 is 0. The molecule has 0 aromatic heterocycles. The molecule has 1 saturated carbocycles. The molecule has 0 aromatic rings. The van der Waals surface area contributed by atoms with Gasteiger partial charge in [0.15, 0.2) is 0 Å². The van der Waals surface area contributed by atoms with Crippen LogP contribution in [0.3, 0.4) is 0 Å². The van der Waals surface area contributed by atoms with Crippen molar-refractivity contribution in [3.63, 3.8) is 0 Å². The Morgan fingerprint density at radius 1 is 1.24 bits per heavy atom. The van der Waals surface area contributed by atoms with Crippen LogP contribution >= 0.6 is 0 Å². The van der Waals surface area contributed by atoms with Crippen LogP contribution in [0.4, 0.5) is 0 Å². The predicted octanol–water partition coefficient (Wildman–Crippen LogP) is 1.63. The number of hydrogen-bond acceptors (Lipinski definition) is 3. The van der Waals surface area contributed by atoms with Crippen LogP contribution in [0.2, 0.25) is 0 Å². The van der Waals surface area contributed by atoms with Crippen molar-refractivity contribution in [3.8, 4) is 0 Å². The molecule has 3 nitrogen and oxygen atoms in total. The lowest BCUT2D eigenvalue weighted by Gasteiger charge is -2.42. The average Bonchev–Trinajstić information content (AvgIpc) is 2.76. The van der Waals surface area contributed by atoms with Gasteiger partial charge in [-0.25, -0.2) is 0 Å². The number of rotatable bonds is 4. The zero-order valence-corrected chi connectivity index (χ0v) is 11.1. The van der Waals surface area contributed by atoms with Crippen LogP contribution in [-0.2, 0) is 0 Å². The molecule has 2 aliphatic rings. The summed E-state index contributed by atoms with van der Waals surface area (Å²) in [6.07, 6.45) is 7.18. The zero-order chi connectivity index (χ0) is 12.3. The van der Waals surface area contributed by atoms with E-state index < -0.39 is 0 Å². The van der Waals surface area contributed by atoms with Crippen molar-refractivity contribution in [2.45, 2.75) is 51.5 Å². The Bertz CT molecular complexity index is 246. The Kier molecular flexibility index (Phi) is 4.45.